The molecule has 3 heteroatoms. The van der Waals surface area contributed by atoms with Crippen LogP contribution in [-0.2, 0) is 12.5 Å². The Morgan fingerprint density at radius 1 is 0.875 bits per heavy atom. The summed E-state index contributed by atoms with van der Waals surface area (Å²) in [5.74, 6) is 0. The van der Waals surface area contributed by atoms with Crippen molar-refractivity contribution in [1.29, 1.82) is 0 Å². The first-order chi connectivity index (χ1) is 15.2. The van der Waals surface area contributed by atoms with Crippen LogP contribution in [0.3, 0.4) is 0 Å². The van der Waals surface area contributed by atoms with E-state index in [4.69, 9.17) is 0 Å². The first-order valence-corrected chi connectivity index (χ1v) is 12.0. The van der Waals surface area contributed by atoms with Gasteiger partial charge in [0.2, 0.25) is 5.69 Å². The van der Waals surface area contributed by atoms with Gasteiger partial charge in [0.25, 0.3) is 0 Å². The van der Waals surface area contributed by atoms with Crippen molar-refractivity contribution in [3.63, 3.8) is 0 Å². The first kappa shape index (κ1) is 20.8. The van der Waals surface area contributed by atoms with Gasteiger partial charge in [-0.2, -0.15) is 0 Å². The monoisotopic (exact) mass is 437 g/mol. The van der Waals surface area contributed by atoms with Crippen LogP contribution < -0.4 is 4.57 Å². The van der Waals surface area contributed by atoms with E-state index in [1.807, 2.05) is 0 Å². The van der Waals surface area contributed by atoms with Crippen molar-refractivity contribution in [2.45, 2.75) is 40.0 Å². The van der Waals surface area contributed by atoms with E-state index < -0.39 is 0 Å². The number of pyridine rings is 1. The van der Waals surface area contributed by atoms with Crippen molar-refractivity contribution >= 4 is 32.9 Å². The second-order valence-electron chi connectivity index (χ2n) is 9.76. The third-order valence-electron chi connectivity index (χ3n) is 6.38. The molecule has 0 saturated heterocycles. The minimum atomic E-state index is 0.0566. The zero-order valence-electron chi connectivity index (χ0n) is 19.7. The highest BCUT2D eigenvalue weighted by Crippen LogP contribution is 2.39. The van der Waals surface area contributed by atoms with Crippen molar-refractivity contribution in [2.24, 2.45) is 7.05 Å². The van der Waals surface area contributed by atoms with Crippen LogP contribution in [0, 0.1) is 13.8 Å². The fourth-order valence-corrected chi connectivity index (χ4v) is 5.51. The Hall–Kier alpha value is -3.04. The molecule has 5 aromatic rings. The highest BCUT2D eigenvalue weighted by molar-refractivity contribution is 7.13. The molecule has 0 saturated carbocycles. The average Bonchev–Trinajstić information content (AvgIpc) is 3.20. The molecule has 0 radical (unpaired) electrons. The highest BCUT2D eigenvalue weighted by atomic mass is 32.1. The largest absolute Gasteiger partial charge is 0.241 e. The summed E-state index contributed by atoms with van der Waals surface area (Å²) in [4.78, 5) is 4.69. The molecule has 0 aliphatic carbocycles. The highest BCUT2D eigenvalue weighted by Gasteiger charge is 2.24. The third-order valence-corrected chi connectivity index (χ3v) is 7.39. The number of fused-ring (bicyclic) bond motifs is 2. The Morgan fingerprint density at radius 3 is 2.31 bits per heavy atom. The second-order valence-corrected chi connectivity index (χ2v) is 10.6. The van der Waals surface area contributed by atoms with Gasteiger partial charge in [-0.3, -0.25) is 0 Å². The molecule has 2 nitrogen and oxygen atoms in total. The van der Waals surface area contributed by atoms with Crippen LogP contribution >= 0.6 is 11.3 Å². The predicted octanol–water partition coefficient (Wildman–Crippen LogP) is 7.52. The number of aromatic nitrogens is 2. The van der Waals surface area contributed by atoms with Crippen molar-refractivity contribution in [1.82, 2.24) is 4.98 Å². The molecule has 160 valence electrons. The summed E-state index contributed by atoms with van der Waals surface area (Å²) in [6, 6.07) is 20.2. The van der Waals surface area contributed by atoms with Gasteiger partial charge in [0.05, 0.1) is 10.9 Å². The van der Waals surface area contributed by atoms with Gasteiger partial charge in [-0.15, -0.1) is 11.3 Å². The molecule has 32 heavy (non-hydrogen) atoms. The summed E-state index contributed by atoms with van der Waals surface area (Å²) >= 11 is 1.71. The Balaban J connectivity index is 1.81. The van der Waals surface area contributed by atoms with Gasteiger partial charge in [0.15, 0.2) is 6.20 Å². The van der Waals surface area contributed by atoms with Crippen molar-refractivity contribution in [3.8, 4) is 21.8 Å². The molecule has 0 bridgehead atoms. The smallest absolute Gasteiger partial charge is 0.220 e. The summed E-state index contributed by atoms with van der Waals surface area (Å²) in [6.07, 6.45) is 2.18. The average molecular weight is 438 g/mol. The summed E-state index contributed by atoms with van der Waals surface area (Å²) in [5, 5.41) is 8.39. The number of benzene rings is 3. The molecule has 0 unspecified atom stereocenters. The zero-order valence-corrected chi connectivity index (χ0v) is 20.5. The number of hydrogen-bond donors (Lipinski definition) is 0. The first-order valence-electron chi connectivity index (χ1n) is 11.1. The summed E-state index contributed by atoms with van der Waals surface area (Å²) in [7, 11) is 2.15. The molecular weight excluding hydrogens is 408 g/mol. The molecule has 0 atom stereocenters. The molecule has 0 spiro atoms. The predicted molar refractivity (Wildman–Crippen MR) is 137 cm³/mol. The molecule has 5 rings (SSSR count). The van der Waals surface area contributed by atoms with E-state index in [0.717, 1.165) is 10.7 Å². The van der Waals surface area contributed by atoms with E-state index in [9.17, 15) is 0 Å². The zero-order chi connectivity index (χ0) is 22.6. The molecule has 0 fully saturated rings. The molecule has 0 amide bonds. The number of hydrogen-bond acceptors (Lipinski definition) is 2. The fourth-order valence-electron chi connectivity index (χ4n) is 4.71. The van der Waals surface area contributed by atoms with E-state index in [2.05, 4.69) is 117 Å². The molecule has 3 aromatic carbocycles. The van der Waals surface area contributed by atoms with Gasteiger partial charge >= 0.3 is 0 Å². The molecule has 0 aliphatic heterocycles. The van der Waals surface area contributed by atoms with Gasteiger partial charge in [-0.1, -0.05) is 51.1 Å². The maximum Gasteiger partial charge on any atom is 0.220 e. The second kappa shape index (κ2) is 7.53. The molecular formula is C29H29N2S+. The topological polar surface area (TPSA) is 16.8 Å². The van der Waals surface area contributed by atoms with Crippen molar-refractivity contribution < 1.29 is 4.57 Å². The van der Waals surface area contributed by atoms with Crippen LogP contribution in [0.15, 0.2) is 66.2 Å². The minimum Gasteiger partial charge on any atom is -0.241 e. The van der Waals surface area contributed by atoms with Crippen LogP contribution in [0.25, 0.3) is 43.4 Å². The standard InChI is InChI=1S/C29H29N2S/c1-18-17-32-28(30-18)21-11-12-23-20(15-21)13-14-31(6)27(23)25-16-26(29(3,4)5)24-10-8-7-9-22(24)19(25)2/h7-17H,1-6H3/q+1. The van der Waals surface area contributed by atoms with Crippen LogP contribution in [0.5, 0.6) is 0 Å². The normalized spacial score (nSPS) is 12.1. The van der Waals surface area contributed by atoms with Crippen LogP contribution in [-0.4, -0.2) is 4.98 Å². The number of aryl methyl sites for hydroxylation is 3. The number of rotatable bonds is 2. The maximum atomic E-state index is 4.69. The maximum absolute atomic E-state index is 4.69. The van der Waals surface area contributed by atoms with Crippen LogP contribution in [0.1, 0.15) is 37.6 Å². The van der Waals surface area contributed by atoms with Gasteiger partial charge in [0.1, 0.15) is 12.1 Å². The van der Waals surface area contributed by atoms with Crippen molar-refractivity contribution in [2.75, 3.05) is 0 Å². The van der Waals surface area contributed by atoms with Crippen LogP contribution in [0.4, 0.5) is 0 Å². The molecule has 0 N–H and O–H groups in total. The van der Waals surface area contributed by atoms with E-state index >= 15 is 0 Å². The SMILES string of the molecule is Cc1csc(-c2ccc3c(-c4cc(C(C)(C)C)c5ccccc5c4C)[n+](C)ccc3c2)n1. The number of nitrogens with zero attached hydrogens (tertiary/aromatic N) is 2. The van der Waals surface area contributed by atoms with E-state index in [1.54, 1.807) is 11.3 Å². The van der Waals surface area contributed by atoms with E-state index in [0.29, 0.717) is 0 Å². The lowest BCUT2D eigenvalue weighted by Gasteiger charge is -2.24. The van der Waals surface area contributed by atoms with E-state index in [-0.39, 0.29) is 5.41 Å². The fraction of sp³-hybridized carbons (Fsp3) is 0.241. The van der Waals surface area contributed by atoms with E-state index in [1.165, 1.54) is 49.5 Å². The molecule has 2 aromatic heterocycles. The van der Waals surface area contributed by atoms with Gasteiger partial charge in [-0.25, -0.2) is 9.55 Å². The third kappa shape index (κ3) is 3.41. The number of thiazole rings is 1. The van der Waals surface area contributed by atoms with Gasteiger partial charge in [0, 0.05) is 22.7 Å². The molecule has 0 aliphatic rings. The Kier molecular flexibility index (Phi) is 4.90. The quantitative estimate of drug-likeness (QED) is 0.261. The molecule has 2 heterocycles. The van der Waals surface area contributed by atoms with Gasteiger partial charge < -0.3 is 0 Å². The lowest BCUT2D eigenvalue weighted by atomic mass is 9.80. The summed E-state index contributed by atoms with van der Waals surface area (Å²) in [5.41, 5.74) is 7.60. The lowest BCUT2D eigenvalue weighted by Crippen LogP contribution is -2.31. The van der Waals surface area contributed by atoms with Crippen molar-refractivity contribution in [3.05, 3.63) is 83.0 Å². The Morgan fingerprint density at radius 2 is 1.62 bits per heavy atom. The minimum absolute atomic E-state index is 0.0566. The summed E-state index contributed by atoms with van der Waals surface area (Å²) in [6.45, 7) is 11.2. The Labute approximate surface area is 194 Å². The summed E-state index contributed by atoms with van der Waals surface area (Å²) < 4.78 is 2.26. The van der Waals surface area contributed by atoms with Gasteiger partial charge in [-0.05, 0) is 64.7 Å². The Bertz CT molecular complexity index is 1490. The lowest BCUT2D eigenvalue weighted by molar-refractivity contribution is -0.659. The van der Waals surface area contributed by atoms with Crippen LogP contribution in [0.2, 0.25) is 0 Å².